The lowest BCUT2D eigenvalue weighted by molar-refractivity contribution is -0.385. The fourth-order valence-corrected chi connectivity index (χ4v) is 1.13. The minimum atomic E-state index is -3.06. The van der Waals surface area contributed by atoms with E-state index in [0.29, 0.717) is 6.07 Å². The van der Waals surface area contributed by atoms with Gasteiger partial charge in [0.25, 0.3) is 12.1 Å². The summed E-state index contributed by atoms with van der Waals surface area (Å²) in [7, 11) is 0.980. The third kappa shape index (κ3) is 2.44. The first-order chi connectivity index (χ1) is 7.88. The number of alkyl halides is 2. The number of carboxylic acid groups (broad SMARTS) is 1. The first-order valence-electron chi connectivity index (χ1n) is 4.13. The molecule has 17 heavy (non-hydrogen) atoms. The molecule has 0 aliphatic rings. The van der Waals surface area contributed by atoms with Crippen molar-refractivity contribution in [3.05, 3.63) is 27.4 Å². The lowest BCUT2D eigenvalue weighted by Gasteiger charge is -2.07. The summed E-state index contributed by atoms with van der Waals surface area (Å²) < 4.78 is 29.2. The van der Waals surface area contributed by atoms with Crippen LogP contribution in [0.3, 0.4) is 0 Å². The Labute approximate surface area is 92.8 Å². The Morgan fingerprint density at radius 1 is 1.65 bits per heavy atom. The van der Waals surface area contributed by atoms with Crippen molar-refractivity contribution in [3.8, 4) is 5.88 Å². The Morgan fingerprint density at radius 3 is 2.59 bits per heavy atom. The van der Waals surface area contributed by atoms with E-state index in [1.807, 2.05) is 0 Å². The van der Waals surface area contributed by atoms with Gasteiger partial charge in [-0.05, 0) is 0 Å². The highest BCUT2D eigenvalue weighted by molar-refractivity contribution is 5.95. The van der Waals surface area contributed by atoms with Crippen LogP contribution in [0.1, 0.15) is 22.5 Å². The monoisotopic (exact) mass is 248 g/mol. The van der Waals surface area contributed by atoms with E-state index >= 15 is 0 Å². The largest absolute Gasteiger partial charge is 0.480 e. The van der Waals surface area contributed by atoms with Gasteiger partial charge in [-0.1, -0.05) is 0 Å². The molecule has 0 saturated carbocycles. The molecule has 9 heteroatoms. The van der Waals surface area contributed by atoms with Gasteiger partial charge in [-0.3, -0.25) is 10.1 Å². The Hall–Kier alpha value is -2.32. The topological polar surface area (TPSA) is 103 Å². The van der Waals surface area contributed by atoms with Crippen molar-refractivity contribution >= 4 is 11.7 Å². The molecule has 1 heterocycles. The number of pyridine rings is 1. The summed E-state index contributed by atoms with van der Waals surface area (Å²) >= 11 is 0. The third-order valence-corrected chi connectivity index (χ3v) is 1.81. The SMILES string of the molecule is COc1nc(C(F)F)cc([N+](=O)[O-])c1C(=O)O. The molecule has 0 aliphatic heterocycles. The summed E-state index contributed by atoms with van der Waals surface area (Å²) in [4.78, 5) is 23.5. The summed E-state index contributed by atoms with van der Waals surface area (Å²) in [5, 5.41) is 19.3. The zero-order chi connectivity index (χ0) is 13.2. The van der Waals surface area contributed by atoms with Crippen molar-refractivity contribution in [2.75, 3.05) is 7.11 Å². The molecule has 1 aromatic heterocycles. The average Bonchev–Trinajstić information content (AvgIpc) is 2.26. The van der Waals surface area contributed by atoms with Gasteiger partial charge in [0.1, 0.15) is 5.69 Å². The highest BCUT2D eigenvalue weighted by Gasteiger charge is 2.29. The van der Waals surface area contributed by atoms with Crippen LogP contribution in [0.2, 0.25) is 0 Å². The second-order valence-corrected chi connectivity index (χ2v) is 2.81. The first kappa shape index (κ1) is 12.7. The maximum atomic E-state index is 12.4. The summed E-state index contributed by atoms with van der Waals surface area (Å²) in [6.07, 6.45) is -3.06. The van der Waals surface area contributed by atoms with Gasteiger partial charge in [-0.25, -0.2) is 18.6 Å². The molecule has 0 fully saturated rings. The molecule has 0 amide bonds. The van der Waals surface area contributed by atoms with Crippen LogP contribution >= 0.6 is 0 Å². The highest BCUT2D eigenvalue weighted by Crippen LogP contribution is 2.31. The fourth-order valence-electron chi connectivity index (χ4n) is 1.13. The number of carbonyl (C=O) groups is 1. The molecule has 0 bridgehead atoms. The minimum absolute atomic E-state index is 0.413. The van der Waals surface area contributed by atoms with Crippen molar-refractivity contribution in [1.29, 1.82) is 0 Å². The van der Waals surface area contributed by atoms with Gasteiger partial charge in [-0.2, -0.15) is 0 Å². The number of aromatic nitrogens is 1. The second-order valence-electron chi connectivity index (χ2n) is 2.81. The molecule has 0 aromatic carbocycles. The molecule has 0 unspecified atom stereocenters. The molecule has 7 nitrogen and oxygen atoms in total. The number of hydrogen-bond acceptors (Lipinski definition) is 5. The lowest BCUT2D eigenvalue weighted by atomic mass is 10.2. The number of aromatic carboxylic acids is 1. The fraction of sp³-hybridized carbons (Fsp3) is 0.250. The molecular formula is C8H6F2N2O5. The molecule has 1 aromatic rings. The van der Waals surface area contributed by atoms with Gasteiger partial charge in [0.05, 0.1) is 12.0 Å². The molecule has 0 radical (unpaired) electrons. The van der Waals surface area contributed by atoms with Gasteiger partial charge < -0.3 is 9.84 Å². The quantitative estimate of drug-likeness (QED) is 0.641. The lowest BCUT2D eigenvalue weighted by Crippen LogP contribution is -2.09. The van der Waals surface area contributed by atoms with Crippen LogP contribution in [0.5, 0.6) is 5.88 Å². The number of carboxylic acids is 1. The molecule has 0 spiro atoms. The van der Waals surface area contributed by atoms with Crippen LogP contribution in [0.25, 0.3) is 0 Å². The van der Waals surface area contributed by atoms with E-state index in [0.717, 1.165) is 7.11 Å². The van der Waals surface area contributed by atoms with E-state index in [9.17, 15) is 23.7 Å². The van der Waals surface area contributed by atoms with E-state index in [1.165, 1.54) is 0 Å². The smallest absolute Gasteiger partial charge is 0.348 e. The van der Waals surface area contributed by atoms with E-state index < -0.39 is 40.1 Å². The van der Waals surface area contributed by atoms with Gasteiger partial charge in [0.2, 0.25) is 5.88 Å². The van der Waals surface area contributed by atoms with Crippen molar-refractivity contribution < 1.29 is 28.3 Å². The zero-order valence-electron chi connectivity index (χ0n) is 8.39. The van der Waals surface area contributed by atoms with Gasteiger partial charge in [0, 0.05) is 6.07 Å². The van der Waals surface area contributed by atoms with Crippen LogP contribution in [-0.2, 0) is 0 Å². The number of nitro groups is 1. The van der Waals surface area contributed by atoms with Gasteiger partial charge in [-0.15, -0.1) is 0 Å². The van der Waals surface area contributed by atoms with Gasteiger partial charge in [0.15, 0.2) is 5.56 Å². The molecule has 1 rings (SSSR count). The Balaban J connectivity index is 3.57. The Bertz CT molecular complexity index is 477. The molecule has 1 N–H and O–H groups in total. The van der Waals surface area contributed by atoms with E-state index in [1.54, 1.807) is 0 Å². The van der Waals surface area contributed by atoms with Gasteiger partial charge >= 0.3 is 5.97 Å². The number of ether oxygens (including phenoxy) is 1. The Kier molecular flexibility index (Phi) is 3.51. The minimum Gasteiger partial charge on any atom is -0.480 e. The number of nitrogens with zero attached hydrogens (tertiary/aromatic N) is 2. The standard InChI is InChI=1S/C8H6F2N2O5/c1-17-7-5(8(13)14)4(12(15)16)2-3(11-7)6(9)10/h2,6H,1H3,(H,13,14). The summed E-state index contributed by atoms with van der Waals surface area (Å²) in [6.45, 7) is 0. The number of methoxy groups -OCH3 is 1. The van der Waals surface area contributed by atoms with E-state index in [-0.39, 0.29) is 0 Å². The van der Waals surface area contributed by atoms with Crippen LogP contribution in [0, 0.1) is 10.1 Å². The van der Waals surface area contributed by atoms with Crippen LogP contribution in [0.4, 0.5) is 14.5 Å². The van der Waals surface area contributed by atoms with Crippen molar-refractivity contribution in [3.63, 3.8) is 0 Å². The van der Waals surface area contributed by atoms with E-state index in [2.05, 4.69) is 9.72 Å². The summed E-state index contributed by atoms with van der Waals surface area (Å²) in [5.74, 6) is -2.40. The molecule has 0 aliphatic carbocycles. The molecule has 0 saturated heterocycles. The summed E-state index contributed by atoms with van der Waals surface area (Å²) in [5.41, 5.74) is -2.76. The van der Waals surface area contributed by atoms with Crippen molar-refractivity contribution in [1.82, 2.24) is 4.98 Å². The van der Waals surface area contributed by atoms with Crippen molar-refractivity contribution in [2.45, 2.75) is 6.43 Å². The predicted molar refractivity (Wildman–Crippen MR) is 49.4 cm³/mol. The third-order valence-electron chi connectivity index (χ3n) is 1.81. The predicted octanol–water partition coefficient (Wildman–Crippen LogP) is 1.63. The summed E-state index contributed by atoms with van der Waals surface area (Å²) in [6, 6.07) is 0.413. The number of rotatable bonds is 4. The molecule has 0 atom stereocenters. The van der Waals surface area contributed by atoms with Crippen LogP contribution < -0.4 is 4.74 Å². The first-order valence-corrected chi connectivity index (χ1v) is 4.13. The van der Waals surface area contributed by atoms with Crippen LogP contribution in [0.15, 0.2) is 6.07 Å². The Morgan fingerprint density at radius 2 is 2.24 bits per heavy atom. The van der Waals surface area contributed by atoms with Crippen LogP contribution in [-0.4, -0.2) is 28.1 Å². The maximum absolute atomic E-state index is 12.4. The zero-order valence-corrected chi connectivity index (χ0v) is 8.39. The normalized spacial score (nSPS) is 10.4. The number of halogens is 2. The molecule has 92 valence electrons. The van der Waals surface area contributed by atoms with Crippen molar-refractivity contribution in [2.24, 2.45) is 0 Å². The number of hydrogen-bond donors (Lipinski definition) is 1. The highest BCUT2D eigenvalue weighted by atomic mass is 19.3. The maximum Gasteiger partial charge on any atom is 0.348 e. The van der Waals surface area contributed by atoms with E-state index in [4.69, 9.17) is 5.11 Å². The molecular weight excluding hydrogens is 242 g/mol. The second kappa shape index (κ2) is 4.68. The average molecular weight is 248 g/mol.